The normalized spacial score (nSPS) is 16.0. The van der Waals surface area contributed by atoms with E-state index in [1.165, 1.54) is 62.1 Å². The molecule has 2 fully saturated rings. The van der Waals surface area contributed by atoms with E-state index >= 15 is 0 Å². The number of alkyl halides is 14. The first-order valence-corrected chi connectivity index (χ1v) is 42.5. The molecule has 0 bridgehead atoms. The first-order valence-electron chi connectivity index (χ1n) is 40.7. The summed E-state index contributed by atoms with van der Waals surface area (Å²) in [4.78, 5) is 85.2. The van der Waals surface area contributed by atoms with Crippen molar-refractivity contribution in [2.45, 2.75) is 164 Å². The molecule has 0 radical (unpaired) electrons. The number of nitrogens with one attached hydrogen (secondary N) is 6. The highest BCUT2D eigenvalue weighted by atomic mass is 35.5. The van der Waals surface area contributed by atoms with Crippen molar-refractivity contribution >= 4 is 86.5 Å². The number of nitrogens with zero attached hydrogens (tertiary/aromatic N) is 1. The number of aliphatic hydroxyl groups is 1. The Bertz CT molecular complexity index is 5330. The number of carbonyl (C=O) groups excluding carboxylic acids is 7. The second-order valence-electron chi connectivity index (χ2n) is 29.8. The summed E-state index contributed by atoms with van der Waals surface area (Å²) in [5.74, 6) is -8.40. The number of halogens is 22. The fourth-order valence-corrected chi connectivity index (χ4v) is 14.4. The lowest BCUT2D eigenvalue weighted by molar-refractivity contribution is -0.253. The minimum Gasteiger partial charge on any atom is -0.428 e. The second-order valence-corrected chi connectivity index (χ2v) is 31.3. The highest BCUT2D eigenvalue weighted by Crippen LogP contribution is 2.43. The van der Waals surface area contributed by atoms with Crippen LogP contribution in [0.2, 0.25) is 0 Å². The summed E-state index contributed by atoms with van der Waals surface area (Å²) in [6.45, 7) is 10.1. The summed E-state index contributed by atoms with van der Waals surface area (Å²) in [6.07, 6.45) is -23.3. The van der Waals surface area contributed by atoms with Crippen LogP contribution in [0.4, 0.5) is 93.4 Å². The predicted octanol–water partition coefficient (Wildman–Crippen LogP) is 21.5. The van der Waals surface area contributed by atoms with Gasteiger partial charge in [-0.1, -0.05) is 154 Å². The van der Waals surface area contributed by atoms with E-state index in [9.17, 15) is 118 Å². The molecule has 12 rings (SSSR count). The topological polar surface area (TPSA) is 243 Å². The van der Waals surface area contributed by atoms with E-state index in [4.69, 9.17) is 23.2 Å². The number of carbonyl (C=O) groups is 7. The third-order valence-electron chi connectivity index (χ3n) is 20.7. The lowest BCUT2D eigenvalue weighted by atomic mass is 9.77. The van der Waals surface area contributed by atoms with E-state index in [-0.39, 0.29) is 81.7 Å². The Balaban J connectivity index is 0.000000251. The van der Waals surface area contributed by atoms with Crippen LogP contribution in [-0.4, -0.2) is 131 Å². The van der Waals surface area contributed by atoms with Crippen molar-refractivity contribution in [2.75, 3.05) is 25.0 Å². The van der Waals surface area contributed by atoms with Crippen LogP contribution in [0.25, 0.3) is 0 Å². The Morgan fingerprint density at radius 1 is 0.421 bits per heavy atom. The van der Waals surface area contributed by atoms with Crippen LogP contribution in [0, 0.1) is 34.9 Å². The van der Waals surface area contributed by atoms with Gasteiger partial charge in [0.15, 0.2) is 11.6 Å². The zero-order valence-electron chi connectivity index (χ0n) is 70.7. The van der Waals surface area contributed by atoms with Crippen molar-refractivity contribution < 1.29 is 132 Å². The molecule has 18 nitrogen and oxygen atoms in total. The Morgan fingerprint density at radius 3 is 1.01 bits per heavy atom. The average Bonchev–Trinajstić information content (AvgIpc) is 1.21. The van der Waals surface area contributed by atoms with Crippen molar-refractivity contribution in [2.24, 2.45) is 0 Å². The van der Waals surface area contributed by atoms with Crippen LogP contribution in [0.3, 0.4) is 0 Å². The zero-order valence-corrected chi connectivity index (χ0v) is 73.7. The summed E-state index contributed by atoms with van der Waals surface area (Å²) < 4.78 is 258. The Kier molecular flexibility index (Phi) is 41.2. The highest BCUT2D eigenvalue weighted by molar-refractivity contribution is 6.97. The minimum atomic E-state index is -4.93. The van der Waals surface area contributed by atoms with Gasteiger partial charge in [0.1, 0.15) is 52.2 Å². The number of hydrogen-bond donors (Lipinski definition) is 7. The molecule has 6 atom stereocenters. The maximum Gasteiger partial charge on any atom is 0.461 e. The molecular formula is C93H89Cl4F18N7O11. The largest absolute Gasteiger partial charge is 0.461 e. The number of rotatable bonds is 31. The lowest BCUT2D eigenvalue weighted by Crippen LogP contribution is -2.55. The van der Waals surface area contributed by atoms with Crippen LogP contribution in [0.1, 0.15) is 122 Å². The molecule has 3 aliphatic rings. The van der Waals surface area contributed by atoms with Crippen LogP contribution in [0.5, 0.6) is 17.2 Å². The van der Waals surface area contributed by atoms with Crippen molar-refractivity contribution in [3.05, 3.63) is 315 Å². The summed E-state index contributed by atoms with van der Waals surface area (Å²) in [7, 11) is 0. The number of amides is 6. The maximum atomic E-state index is 14.8. The number of ether oxygens (including phenoxy) is 3. The van der Waals surface area contributed by atoms with E-state index in [1.807, 2.05) is 0 Å². The van der Waals surface area contributed by atoms with Crippen molar-refractivity contribution in [3.8, 4) is 17.2 Å². The first-order chi connectivity index (χ1) is 62.8. The van der Waals surface area contributed by atoms with E-state index in [2.05, 4.69) is 95.0 Å². The molecule has 0 aliphatic heterocycles. The fourth-order valence-electron chi connectivity index (χ4n) is 14.4. The van der Waals surface area contributed by atoms with E-state index in [0.717, 1.165) is 72.8 Å². The molecule has 0 spiro atoms. The predicted molar refractivity (Wildman–Crippen MR) is 461 cm³/mol. The smallest absolute Gasteiger partial charge is 0.428 e. The maximum absolute atomic E-state index is 14.8. The standard InChI is InChI=1S/C28H26F6N2O3.C28H24F6N2O3.C28H22F6N2O3.C6H15N.C2Cl2O2.CH2Cl2/c3*29-20-11-9-18(10-12-20)27(16-17-5-2-1-3-6-17,36-26(38)35-23-7-4-8-24(23)37)19-13-21(30)15-22(14-19)39-28(33,34)25(31)32;1-4-7(5-2)6-3;3-1(5)2(4)6;2-1-3/h1-3,5-6,9-15,23-25,37H,4,7-8,16H2,(H2,35,36,38);1-3,5-6,9-15,23,25H,4,7-8,16H2,(H2,35,36,38);1-3,5-7,9-15,25H,4,8,16H2,(H2,35,36,38);4-6H2,1-3H3;;1H2/t23-,24-,27-;23-,27-;27-;;;/m111.../s1. The lowest BCUT2D eigenvalue weighted by Gasteiger charge is -2.37. The van der Waals surface area contributed by atoms with Crippen LogP contribution in [0.15, 0.2) is 230 Å². The van der Waals surface area contributed by atoms with Gasteiger partial charge in [0, 0.05) is 50.3 Å². The number of hydrogen-bond acceptors (Lipinski definition) is 12. The number of benzene rings is 9. The molecule has 9 aromatic rings. The molecule has 0 saturated heterocycles. The molecule has 0 unspecified atom stereocenters. The molecule has 0 aromatic heterocycles. The molecule has 2 saturated carbocycles. The minimum absolute atomic E-state index is 0.0417. The van der Waals surface area contributed by atoms with Gasteiger partial charge in [-0.05, 0) is 204 Å². The van der Waals surface area contributed by atoms with Crippen molar-refractivity contribution in [1.29, 1.82) is 0 Å². The number of aliphatic hydroxyl groups excluding tert-OH is 1. The molecule has 7 N–H and O–H groups in total. The molecular weight excluding hydrogens is 1870 g/mol. The highest BCUT2D eigenvalue weighted by Gasteiger charge is 2.49. The van der Waals surface area contributed by atoms with Gasteiger partial charge in [-0.15, -0.1) is 23.2 Å². The Hall–Kier alpha value is -11.6. The summed E-state index contributed by atoms with van der Waals surface area (Å²) >= 11 is 18.5. The van der Waals surface area contributed by atoms with Crippen molar-refractivity contribution in [1.82, 2.24) is 36.8 Å². The molecule has 716 valence electrons. The van der Waals surface area contributed by atoms with E-state index in [1.54, 1.807) is 91.0 Å². The number of urea groups is 3. The molecule has 0 heterocycles. The van der Waals surface area contributed by atoms with Crippen LogP contribution >= 0.6 is 46.4 Å². The van der Waals surface area contributed by atoms with E-state index < -0.39 is 153 Å². The molecule has 6 amide bonds. The van der Waals surface area contributed by atoms with Gasteiger partial charge in [0.2, 0.25) is 0 Å². The number of Topliss-reactive ketones (excluding diaryl/α,β-unsaturated/α-hetero) is 2. The van der Waals surface area contributed by atoms with Gasteiger partial charge in [-0.25, -0.2) is 40.7 Å². The van der Waals surface area contributed by atoms with Gasteiger partial charge in [-0.3, -0.25) is 19.2 Å². The van der Waals surface area contributed by atoms with Crippen LogP contribution < -0.4 is 46.1 Å². The molecule has 133 heavy (non-hydrogen) atoms. The monoisotopic (exact) mass is 1960 g/mol. The number of allylic oxidation sites excluding steroid dienone is 2. The van der Waals surface area contributed by atoms with Gasteiger partial charge >= 0.3 is 66.2 Å². The van der Waals surface area contributed by atoms with Gasteiger partial charge in [0.05, 0.1) is 45.8 Å². The van der Waals surface area contributed by atoms with Gasteiger partial charge < -0.3 is 56.1 Å². The van der Waals surface area contributed by atoms with E-state index in [0.29, 0.717) is 79.8 Å². The molecule has 40 heteroatoms. The molecule has 3 aliphatic carbocycles. The SMILES string of the molecule is CCN(CC)CC.ClCCl.O=C(Cl)C(=O)Cl.O=C(NC1=CCCC1=O)N[C@](Cc1ccccc1)(c1ccc(F)cc1)c1cc(F)cc(OC(F)(F)C(F)F)c1.O=C(N[C@@H]1CCCC1=O)N[C@](Cc1ccccc1)(c1ccc(F)cc1)c1cc(F)cc(OC(F)(F)C(F)F)c1.O=C(N[C@@H]1CCC[C@H]1O)N[C@](Cc1ccccc1)(c1ccc(F)cc1)c1cc(F)cc(OC(F)(F)C(F)F)c1. The quantitative estimate of drug-likeness (QED) is 0.00929. The second kappa shape index (κ2) is 50.5. The average molecular weight is 1960 g/mol. The van der Waals surface area contributed by atoms with Gasteiger partial charge in [-0.2, -0.15) is 52.7 Å². The summed E-state index contributed by atoms with van der Waals surface area (Å²) in [5.41, 5.74) is -3.17. The van der Waals surface area contributed by atoms with Crippen molar-refractivity contribution in [3.63, 3.8) is 0 Å². The summed E-state index contributed by atoms with van der Waals surface area (Å²) in [6, 6.07) is 43.3. The Labute approximate surface area is 772 Å². The number of ketones is 2. The third-order valence-corrected chi connectivity index (χ3v) is 21.2. The van der Waals surface area contributed by atoms with Gasteiger partial charge in [0.25, 0.3) is 0 Å². The third kappa shape index (κ3) is 32.1. The van der Waals surface area contributed by atoms with Crippen LogP contribution in [-0.2, 0) is 55.1 Å². The fraction of sp³-hybridized carbons (Fsp3) is 0.323. The summed E-state index contributed by atoms with van der Waals surface area (Å²) in [5, 5.41) is 24.0. The Morgan fingerprint density at radius 2 is 0.744 bits per heavy atom. The zero-order chi connectivity index (χ0) is 98.2. The molecule has 9 aromatic carbocycles. The first kappa shape index (κ1) is 108.